The van der Waals surface area contributed by atoms with Gasteiger partial charge >= 0.3 is 0 Å². The molecule has 2 rings (SSSR count). The molecule has 1 aliphatic rings. The van der Waals surface area contributed by atoms with Gasteiger partial charge < -0.3 is 10.6 Å². The van der Waals surface area contributed by atoms with Crippen molar-refractivity contribution in [1.29, 1.82) is 0 Å². The van der Waals surface area contributed by atoms with Gasteiger partial charge in [-0.25, -0.2) is 0 Å². The lowest BCUT2D eigenvalue weighted by Gasteiger charge is -2.16. The Morgan fingerprint density at radius 3 is 2.93 bits per heavy atom. The Morgan fingerprint density at radius 1 is 1.43 bits per heavy atom. The lowest BCUT2D eigenvalue weighted by atomic mass is 9.99. The molecular weight excluding hydrogens is 172 g/mol. The van der Waals surface area contributed by atoms with Crippen molar-refractivity contribution in [2.75, 3.05) is 18.9 Å². The van der Waals surface area contributed by atoms with E-state index in [-0.39, 0.29) is 0 Å². The van der Waals surface area contributed by atoms with E-state index in [1.165, 1.54) is 29.7 Å². The summed E-state index contributed by atoms with van der Waals surface area (Å²) in [4.78, 5) is 0. The van der Waals surface area contributed by atoms with E-state index in [1.807, 2.05) is 7.05 Å². The quantitative estimate of drug-likeness (QED) is 0.748. The standard InChI is InChI=1S/C12H18N2/c1-9-10(12-7-4-8-14-12)5-3-6-11(9)13-2/h3,5-6,12-14H,4,7-8H2,1-2H3/t12-/m1/s1. The summed E-state index contributed by atoms with van der Waals surface area (Å²) < 4.78 is 0. The van der Waals surface area contributed by atoms with Crippen LogP contribution in [-0.2, 0) is 0 Å². The summed E-state index contributed by atoms with van der Waals surface area (Å²) in [6, 6.07) is 7.07. The number of benzene rings is 1. The first kappa shape index (κ1) is 9.53. The molecule has 1 aliphatic heterocycles. The Kier molecular flexibility index (Phi) is 2.73. The molecule has 76 valence electrons. The van der Waals surface area contributed by atoms with Crippen molar-refractivity contribution < 1.29 is 0 Å². The predicted octanol–water partition coefficient (Wildman–Crippen LogP) is 2.46. The highest BCUT2D eigenvalue weighted by Gasteiger charge is 2.18. The fraction of sp³-hybridized carbons (Fsp3) is 0.500. The van der Waals surface area contributed by atoms with E-state index in [0.29, 0.717) is 6.04 Å². The van der Waals surface area contributed by atoms with Crippen LogP contribution in [-0.4, -0.2) is 13.6 Å². The summed E-state index contributed by atoms with van der Waals surface area (Å²) in [6.45, 7) is 3.36. The van der Waals surface area contributed by atoms with Crippen LogP contribution in [0, 0.1) is 6.92 Å². The normalized spacial score (nSPS) is 21.1. The van der Waals surface area contributed by atoms with Crippen molar-refractivity contribution >= 4 is 5.69 Å². The summed E-state index contributed by atoms with van der Waals surface area (Å²) in [6.07, 6.45) is 2.57. The van der Waals surface area contributed by atoms with Crippen LogP contribution in [0.1, 0.15) is 30.0 Å². The highest BCUT2D eigenvalue weighted by Crippen LogP contribution is 2.29. The first-order valence-electron chi connectivity index (χ1n) is 5.33. The van der Waals surface area contributed by atoms with Gasteiger partial charge in [0.1, 0.15) is 0 Å². The van der Waals surface area contributed by atoms with Crippen LogP contribution < -0.4 is 10.6 Å². The molecule has 1 saturated heterocycles. The van der Waals surface area contributed by atoms with Crippen molar-refractivity contribution in [2.24, 2.45) is 0 Å². The van der Waals surface area contributed by atoms with Crippen molar-refractivity contribution in [1.82, 2.24) is 5.32 Å². The fourth-order valence-electron chi connectivity index (χ4n) is 2.25. The largest absolute Gasteiger partial charge is 0.388 e. The van der Waals surface area contributed by atoms with Gasteiger partial charge in [0.05, 0.1) is 0 Å². The molecule has 0 aliphatic carbocycles. The topological polar surface area (TPSA) is 24.1 Å². The maximum absolute atomic E-state index is 3.54. The van der Waals surface area contributed by atoms with E-state index in [1.54, 1.807) is 0 Å². The van der Waals surface area contributed by atoms with Crippen LogP contribution in [0.4, 0.5) is 5.69 Å². The molecule has 1 heterocycles. The molecule has 1 atom stereocenters. The zero-order chi connectivity index (χ0) is 9.97. The summed E-state index contributed by atoms with van der Waals surface area (Å²) >= 11 is 0. The maximum Gasteiger partial charge on any atom is 0.0370 e. The van der Waals surface area contributed by atoms with Crippen LogP contribution in [0.3, 0.4) is 0 Å². The first-order chi connectivity index (χ1) is 6.83. The van der Waals surface area contributed by atoms with E-state index in [9.17, 15) is 0 Å². The second-order valence-electron chi connectivity index (χ2n) is 3.92. The summed E-state index contributed by atoms with van der Waals surface area (Å²) in [5.41, 5.74) is 4.08. The molecule has 0 spiro atoms. The van der Waals surface area contributed by atoms with Crippen LogP contribution in [0.5, 0.6) is 0 Å². The number of rotatable bonds is 2. The Bertz CT molecular complexity index is 314. The molecule has 1 aromatic carbocycles. The molecule has 1 fully saturated rings. The Labute approximate surface area is 85.7 Å². The predicted molar refractivity (Wildman–Crippen MR) is 60.7 cm³/mol. The molecule has 14 heavy (non-hydrogen) atoms. The van der Waals surface area contributed by atoms with Gasteiger partial charge in [-0.3, -0.25) is 0 Å². The van der Waals surface area contributed by atoms with Gasteiger partial charge in [0.15, 0.2) is 0 Å². The van der Waals surface area contributed by atoms with E-state index in [0.717, 1.165) is 6.54 Å². The van der Waals surface area contributed by atoms with Gasteiger partial charge in [0, 0.05) is 18.8 Å². The third-order valence-corrected chi connectivity index (χ3v) is 3.08. The average Bonchev–Trinajstić information content (AvgIpc) is 2.71. The molecule has 2 N–H and O–H groups in total. The molecule has 0 unspecified atom stereocenters. The zero-order valence-electron chi connectivity index (χ0n) is 8.93. The Hall–Kier alpha value is -1.02. The first-order valence-corrected chi connectivity index (χ1v) is 5.33. The van der Waals surface area contributed by atoms with E-state index in [2.05, 4.69) is 35.8 Å². The van der Waals surface area contributed by atoms with Crippen molar-refractivity contribution in [3.63, 3.8) is 0 Å². The minimum absolute atomic E-state index is 0.572. The molecule has 0 radical (unpaired) electrons. The van der Waals surface area contributed by atoms with Crippen LogP contribution in [0.2, 0.25) is 0 Å². The average molecular weight is 190 g/mol. The molecule has 1 aromatic rings. The summed E-state index contributed by atoms with van der Waals surface area (Å²) in [5, 5.41) is 6.77. The van der Waals surface area contributed by atoms with Crippen molar-refractivity contribution in [2.45, 2.75) is 25.8 Å². The van der Waals surface area contributed by atoms with Gasteiger partial charge in [-0.05, 0) is 43.5 Å². The minimum Gasteiger partial charge on any atom is -0.388 e. The van der Waals surface area contributed by atoms with Gasteiger partial charge in [0.25, 0.3) is 0 Å². The highest BCUT2D eigenvalue weighted by molar-refractivity contribution is 5.54. The second-order valence-corrected chi connectivity index (χ2v) is 3.92. The number of hydrogen-bond donors (Lipinski definition) is 2. The molecule has 0 aromatic heterocycles. The monoisotopic (exact) mass is 190 g/mol. The molecule has 0 saturated carbocycles. The third kappa shape index (κ3) is 1.62. The zero-order valence-corrected chi connectivity index (χ0v) is 8.93. The van der Waals surface area contributed by atoms with Crippen molar-refractivity contribution in [3.05, 3.63) is 29.3 Å². The molecule has 2 nitrogen and oxygen atoms in total. The van der Waals surface area contributed by atoms with E-state index in [4.69, 9.17) is 0 Å². The molecular formula is C12H18N2. The van der Waals surface area contributed by atoms with Crippen LogP contribution >= 0.6 is 0 Å². The smallest absolute Gasteiger partial charge is 0.0370 e. The fourth-order valence-corrected chi connectivity index (χ4v) is 2.25. The van der Waals surface area contributed by atoms with E-state index >= 15 is 0 Å². The second kappa shape index (κ2) is 4.01. The molecule has 0 amide bonds. The molecule has 0 bridgehead atoms. The van der Waals surface area contributed by atoms with Crippen molar-refractivity contribution in [3.8, 4) is 0 Å². The van der Waals surface area contributed by atoms with Gasteiger partial charge in [-0.1, -0.05) is 12.1 Å². The lowest BCUT2D eigenvalue weighted by Crippen LogP contribution is -2.14. The van der Waals surface area contributed by atoms with Crippen LogP contribution in [0.25, 0.3) is 0 Å². The van der Waals surface area contributed by atoms with E-state index < -0.39 is 0 Å². The van der Waals surface area contributed by atoms with Crippen LogP contribution in [0.15, 0.2) is 18.2 Å². The summed E-state index contributed by atoms with van der Waals surface area (Å²) in [5.74, 6) is 0. The van der Waals surface area contributed by atoms with Gasteiger partial charge in [-0.15, -0.1) is 0 Å². The minimum atomic E-state index is 0.572. The number of anilines is 1. The molecule has 2 heteroatoms. The van der Waals surface area contributed by atoms with Gasteiger partial charge in [-0.2, -0.15) is 0 Å². The summed E-state index contributed by atoms with van der Waals surface area (Å²) in [7, 11) is 1.98. The highest BCUT2D eigenvalue weighted by atomic mass is 14.9. The number of hydrogen-bond acceptors (Lipinski definition) is 2. The Morgan fingerprint density at radius 2 is 2.29 bits per heavy atom. The SMILES string of the molecule is CNc1cccc([C@H]2CCCN2)c1C. The Balaban J connectivity index is 2.32. The lowest BCUT2D eigenvalue weighted by molar-refractivity contribution is 0.644. The maximum atomic E-state index is 3.54. The van der Waals surface area contributed by atoms with Gasteiger partial charge in [0.2, 0.25) is 0 Å². The third-order valence-electron chi connectivity index (χ3n) is 3.08. The number of nitrogens with one attached hydrogen (secondary N) is 2.